The molecule has 2 aliphatic heterocycles. The van der Waals surface area contributed by atoms with Crippen LogP contribution in [0.25, 0.3) is 10.2 Å². The topological polar surface area (TPSA) is 64.6 Å². The highest BCUT2D eigenvalue weighted by Gasteiger charge is 2.27. The van der Waals surface area contributed by atoms with Crippen LogP contribution in [0.4, 0.5) is 5.82 Å². The molecule has 2 fully saturated rings. The Morgan fingerprint density at radius 1 is 1.06 bits per heavy atom. The summed E-state index contributed by atoms with van der Waals surface area (Å²) < 4.78 is 0. The van der Waals surface area contributed by atoms with E-state index in [1.54, 1.807) is 17.7 Å². The Labute approximate surface area is 212 Å². The number of thiophene rings is 1. The Morgan fingerprint density at radius 3 is 2.57 bits per heavy atom. The molecule has 0 atom stereocenters. The van der Waals surface area contributed by atoms with Gasteiger partial charge >= 0.3 is 0 Å². The van der Waals surface area contributed by atoms with E-state index < -0.39 is 0 Å². The maximum Gasteiger partial charge on any atom is 0.223 e. The molecule has 2 saturated heterocycles. The number of piperidine rings is 1. The van der Waals surface area contributed by atoms with E-state index in [0.717, 1.165) is 69.3 Å². The molecule has 1 N–H and O–H groups in total. The second-order valence-electron chi connectivity index (χ2n) is 10.0. The number of hydrogen-bond donors (Lipinski definition) is 1. The van der Waals surface area contributed by atoms with Crippen molar-refractivity contribution in [2.24, 2.45) is 5.92 Å². The third kappa shape index (κ3) is 5.50. The van der Waals surface area contributed by atoms with Crippen LogP contribution in [0.3, 0.4) is 0 Å². The van der Waals surface area contributed by atoms with Gasteiger partial charge in [-0.2, -0.15) is 0 Å². The summed E-state index contributed by atoms with van der Waals surface area (Å²) in [6.45, 7) is 12.0. The Balaban J connectivity index is 1.13. The SMILES string of the molecule is Cc1sc2ncnc(N3CCC(C(=O)NCc4cccc(CN5CCN(C)CC5)c4)CC3)c2c1C. The van der Waals surface area contributed by atoms with Gasteiger partial charge in [0.05, 0.1) is 5.39 Å². The monoisotopic (exact) mass is 492 g/mol. The number of aryl methyl sites for hydroxylation is 2. The van der Waals surface area contributed by atoms with Crippen molar-refractivity contribution >= 4 is 33.3 Å². The van der Waals surface area contributed by atoms with E-state index in [-0.39, 0.29) is 11.8 Å². The molecule has 35 heavy (non-hydrogen) atoms. The van der Waals surface area contributed by atoms with E-state index in [9.17, 15) is 4.79 Å². The molecule has 3 aromatic rings. The molecule has 1 amide bonds. The molecule has 0 spiro atoms. The molecule has 5 rings (SSSR count). The lowest BCUT2D eigenvalue weighted by atomic mass is 9.95. The zero-order valence-electron chi connectivity index (χ0n) is 21.1. The minimum absolute atomic E-state index is 0.0578. The number of anilines is 1. The zero-order valence-corrected chi connectivity index (χ0v) is 21.9. The van der Waals surface area contributed by atoms with Crippen LogP contribution in [0.2, 0.25) is 0 Å². The normalized spacial score (nSPS) is 18.3. The van der Waals surface area contributed by atoms with Crippen LogP contribution in [-0.2, 0) is 17.9 Å². The highest BCUT2D eigenvalue weighted by Crippen LogP contribution is 2.35. The van der Waals surface area contributed by atoms with E-state index in [4.69, 9.17) is 0 Å². The number of hydrogen-bond acceptors (Lipinski definition) is 7. The number of amides is 1. The second-order valence-corrected chi connectivity index (χ2v) is 11.2. The molecule has 2 aromatic heterocycles. The molecule has 0 unspecified atom stereocenters. The van der Waals surface area contributed by atoms with Gasteiger partial charge in [-0.15, -0.1) is 11.3 Å². The Bertz CT molecular complexity index is 1180. The molecule has 1 aromatic carbocycles. The highest BCUT2D eigenvalue weighted by molar-refractivity contribution is 7.18. The highest BCUT2D eigenvalue weighted by atomic mass is 32.1. The fraction of sp³-hybridized carbons (Fsp3) is 0.519. The maximum atomic E-state index is 13.0. The number of benzene rings is 1. The molecule has 186 valence electrons. The summed E-state index contributed by atoms with van der Waals surface area (Å²) in [7, 11) is 2.19. The largest absolute Gasteiger partial charge is 0.356 e. The molecule has 7 nitrogen and oxygen atoms in total. The lowest BCUT2D eigenvalue weighted by Gasteiger charge is -2.32. The lowest BCUT2D eigenvalue weighted by molar-refractivity contribution is -0.125. The summed E-state index contributed by atoms with van der Waals surface area (Å²) >= 11 is 1.73. The summed E-state index contributed by atoms with van der Waals surface area (Å²) in [5, 5.41) is 4.38. The van der Waals surface area contributed by atoms with E-state index >= 15 is 0 Å². The number of nitrogens with one attached hydrogen (secondary N) is 1. The Hall–Kier alpha value is -2.55. The zero-order chi connectivity index (χ0) is 24.4. The summed E-state index contributed by atoms with van der Waals surface area (Å²) in [5.41, 5.74) is 3.77. The third-order valence-corrected chi connectivity index (χ3v) is 8.69. The average Bonchev–Trinajstić information content (AvgIpc) is 3.17. The van der Waals surface area contributed by atoms with E-state index in [1.807, 2.05) is 0 Å². The molecule has 8 heteroatoms. The number of piperazine rings is 1. The minimum atomic E-state index is 0.0578. The first kappa shape index (κ1) is 24.2. The van der Waals surface area contributed by atoms with Gasteiger partial charge < -0.3 is 15.1 Å². The number of likely N-dealkylation sites (N-methyl/N-ethyl adjacent to an activating group) is 1. The van der Waals surface area contributed by atoms with Crippen LogP contribution in [0.1, 0.15) is 34.4 Å². The van der Waals surface area contributed by atoms with Crippen molar-refractivity contribution in [2.75, 3.05) is 51.2 Å². The van der Waals surface area contributed by atoms with Crippen molar-refractivity contribution < 1.29 is 4.79 Å². The lowest BCUT2D eigenvalue weighted by Crippen LogP contribution is -2.43. The van der Waals surface area contributed by atoms with Crippen LogP contribution in [0.15, 0.2) is 30.6 Å². The molecule has 0 bridgehead atoms. The summed E-state index contributed by atoms with van der Waals surface area (Å²) in [6.07, 6.45) is 3.37. The number of rotatable bonds is 6. The van der Waals surface area contributed by atoms with Crippen molar-refractivity contribution in [2.45, 2.75) is 39.8 Å². The van der Waals surface area contributed by atoms with Gasteiger partial charge in [-0.3, -0.25) is 9.69 Å². The van der Waals surface area contributed by atoms with Crippen molar-refractivity contribution in [3.05, 3.63) is 52.2 Å². The van der Waals surface area contributed by atoms with Gasteiger partial charge in [-0.1, -0.05) is 24.3 Å². The van der Waals surface area contributed by atoms with Crippen LogP contribution < -0.4 is 10.2 Å². The van der Waals surface area contributed by atoms with Crippen molar-refractivity contribution in [3.63, 3.8) is 0 Å². The average molecular weight is 493 g/mol. The molecule has 4 heterocycles. The number of nitrogens with zero attached hydrogens (tertiary/aromatic N) is 5. The first-order chi connectivity index (χ1) is 17.0. The molecule has 0 aliphatic carbocycles. The van der Waals surface area contributed by atoms with Gasteiger partial charge in [-0.05, 0) is 50.4 Å². The van der Waals surface area contributed by atoms with E-state index in [2.05, 4.69) is 75.1 Å². The molecular formula is C27H36N6OS. The summed E-state index contributed by atoms with van der Waals surface area (Å²) in [4.78, 5) is 31.6. The Kier molecular flexibility index (Phi) is 7.32. The minimum Gasteiger partial charge on any atom is -0.356 e. The quantitative estimate of drug-likeness (QED) is 0.567. The number of carbonyl (C=O) groups excluding carboxylic acids is 1. The van der Waals surface area contributed by atoms with Crippen LogP contribution in [0.5, 0.6) is 0 Å². The van der Waals surface area contributed by atoms with Crippen molar-refractivity contribution in [1.29, 1.82) is 0 Å². The molecule has 0 saturated carbocycles. The molecule has 0 radical (unpaired) electrons. The maximum absolute atomic E-state index is 13.0. The first-order valence-electron chi connectivity index (χ1n) is 12.7. The van der Waals surface area contributed by atoms with Crippen LogP contribution >= 0.6 is 11.3 Å². The van der Waals surface area contributed by atoms with E-state index in [1.165, 1.54) is 27.0 Å². The van der Waals surface area contributed by atoms with Gasteiger partial charge in [0.15, 0.2) is 0 Å². The second kappa shape index (κ2) is 10.6. The number of aromatic nitrogens is 2. The fourth-order valence-electron chi connectivity index (χ4n) is 5.19. The summed E-state index contributed by atoms with van der Waals surface area (Å²) in [5.74, 6) is 1.25. The Morgan fingerprint density at radius 2 is 1.80 bits per heavy atom. The van der Waals surface area contributed by atoms with Gasteiger partial charge in [0.25, 0.3) is 0 Å². The van der Waals surface area contributed by atoms with Crippen molar-refractivity contribution in [1.82, 2.24) is 25.1 Å². The fourth-order valence-corrected chi connectivity index (χ4v) is 6.18. The van der Waals surface area contributed by atoms with Crippen LogP contribution in [0, 0.1) is 19.8 Å². The number of carbonyl (C=O) groups is 1. The van der Waals surface area contributed by atoms with Gasteiger partial charge in [0.1, 0.15) is 17.0 Å². The van der Waals surface area contributed by atoms with Gasteiger partial charge in [-0.25, -0.2) is 9.97 Å². The molecule has 2 aliphatic rings. The standard InChI is InChI=1S/C27H36N6OS/c1-19-20(2)35-27-24(19)25(29-18-30-27)33-9-7-23(8-10-33)26(34)28-16-21-5-4-6-22(15-21)17-32-13-11-31(3)12-14-32/h4-6,15,18,23H,7-14,16-17H2,1-3H3,(H,28,34). The van der Waals surface area contributed by atoms with Crippen LogP contribution in [-0.4, -0.2) is 72.0 Å². The smallest absolute Gasteiger partial charge is 0.223 e. The first-order valence-corrected chi connectivity index (χ1v) is 13.5. The molecular weight excluding hydrogens is 456 g/mol. The predicted octanol–water partition coefficient (Wildman–Crippen LogP) is 3.59. The van der Waals surface area contributed by atoms with Gasteiger partial charge in [0, 0.05) is 63.2 Å². The predicted molar refractivity (Wildman–Crippen MR) is 143 cm³/mol. The van der Waals surface area contributed by atoms with E-state index in [0.29, 0.717) is 6.54 Å². The third-order valence-electron chi connectivity index (χ3n) is 7.57. The number of fused-ring (bicyclic) bond motifs is 1. The summed E-state index contributed by atoms with van der Waals surface area (Å²) in [6, 6.07) is 8.66. The van der Waals surface area contributed by atoms with Crippen molar-refractivity contribution in [3.8, 4) is 0 Å². The van der Waals surface area contributed by atoms with Gasteiger partial charge in [0.2, 0.25) is 5.91 Å².